The van der Waals surface area contributed by atoms with Gasteiger partial charge in [0.15, 0.2) is 0 Å². The van der Waals surface area contributed by atoms with E-state index in [0.29, 0.717) is 21.3 Å². The number of nitrogens with zero attached hydrogens (tertiary/aromatic N) is 1. The molecule has 0 bridgehead atoms. The van der Waals surface area contributed by atoms with Crippen molar-refractivity contribution in [2.24, 2.45) is 0 Å². The molecule has 94 valence electrons. The quantitative estimate of drug-likeness (QED) is 0.859. The zero-order chi connectivity index (χ0) is 13.2. The first-order chi connectivity index (χ1) is 7.88. The summed E-state index contributed by atoms with van der Waals surface area (Å²) >= 11 is 11.8. The Kier molecular flexibility index (Phi) is 4.66. The van der Waals surface area contributed by atoms with Crippen molar-refractivity contribution in [2.75, 3.05) is 12.8 Å². The van der Waals surface area contributed by atoms with Crippen LogP contribution in [0.3, 0.4) is 0 Å². The number of anilines is 1. The van der Waals surface area contributed by atoms with E-state index < -0.39 is 0 Å². The van der Waals surface area contributed by atoms with Crippen molar-refractivity contribution in [1.82, 2.24) is 4.90 Å². The fourth-order valence-electron chi connectivity index (χ4n) is 1.39. The lowest BCUT2D eigenvalue weighted by atomic mass is 10.1. The van der Waals surface area contributed by atoms with E-state index in [1.165, 1.54) is 0 Å². The highest BCUT2D eigenvalue weighted by Gasteiger charge is 2.18. The molecule has 3 nitrogen and oxygen atoms in total. The minimum Gasteiger partial charge on any atom is -0.396 e. The number of carbonyl (C=O) groups excluding carboxylic acids is 1. The molecule has 2 N–H and O–H groups in total. The molecule has 0 aliphatic carbocycles. The monoisotopic (exact) mass is 274 g/mol. The smallest absolute Gasteiger partial charge is 0.253 e. The van der Waals surface area contributed by atoms with Crippen molar-refractivity contribution in [2.45, 2.75) is 26.3 Å². The van der Waals surface area contributed by atoms with E-state index in [0.717, 1.165) is 6.42 Å². The zero-order valence-electron chi connectivity index (χ0n) is 10.1. The van der Waals surface area contributed by atoms with E-state index in [1.54, 1.807) is 24.1 Å². The summed E-state index contributed by atoms with van der Waals surface area (Å²) in [6, 6.07) is 3.26. The van der Waals surface area contributed by atoms with Crippen LogP contribution in [0.2, 0.25) is 10.0 Å². The number of benzene rings is 1. The van der Waals surface area contributed by atoms with Crippen molar-refractivity contribution in [3.05, 3.63) is 27.7 Å². The maximum atomic E-state index is 12.1. The fraction of sp³-hybridized carbons (Fsp3) is 0.417. The maximum Gasteiger partial charge on any atom is 0.253 e. The first-order valence-corrected chi connectivity index (χ1v) is 6.15. The minimum absolute atomic E-state index is 0.108. The zero-order valence-corrected chi connectivity index (χ0v) is 11.6. The third-order valence-corrected chi connectivity index (χ3v) is 3.52. The van der Waals surface area contributed by atoms with E-state index in [4.69, 9.17) is 28.9 Å². The summed E-state index contributed by atoms with van der Waals surface area (Å²) in [7, 11) is 1.76. The normalized spacial score (nSPS) is 12.3. The van der Waals surface area contributed by atoms with Crippen LogP contribution in [0.5, 0.6) is 0 Å². The van der Waals surface area contributed by atoms with Gasteiger partial charge in [-0.3, -0.25) is 4.79 Å². The van der Waals surface area contributed by atoms with Gasteiger partial charge in [0.1, 0.15) is 0 Å². The molecule has 1 rings (SSSR count). The van der Waals surface area contributed by atoms with E-state index in [-0.39, 0.29) is 11.9 Å². The van der Waals surface area contributed by atoms with Gasteiger partial charge in [-0.2, -0.15) is 0 Å². The van der Waals surface area contributed by atoms with E-state index in [2.05, 4.69) is 0 Å². The van der Waals surface area contributed by atoms with Crippen LogP contribution in [0.1, 0.15) is 30.6 Å². The first-order valence-electron chi connectivity index (χ1n) is 5.40. The van der Waals surface area contributed by atoms with Gasteiger partial charge in [0, 0.05) is 18.7 Å². The van der Waals surface area contributed by atoms with Gasteiger partial charge in [0.2, 0.25) is 0 Å². The van der Waals surface area contributed by atoms with E-state index in [1.807, 2.05) is 13.8 Å². The average molecular weight is 275 g/mol. The molecule has 0 heterocycles. The SMILES string of the molecule is CCC(C)N(C)C(=O)c1cc(Cl)c(N)c(Cl)c1. The molecular weight excluding hydrogens is 259 g/mol. The first kappa shape index (κ1) is 14.1. The highest BCUT2D eigenvalue weighted by atomic mass is 35.5. The molecule has 0 spiro atoms. The molecule has 1 atom stereocenters. The van der Waals surface area contributed by atoms with Crippen molar-refractivity contribution in [1.29, 1.82) is 0 Å². The Bertz CT molecular complexity index is 412. The molecule has 0 aliphatic heterocycles. The van der Waals surface area contributed by atoms with Crippen LogP contribution in [-0.2, 0) is 0 Å². The number of nitrogens with two attached hydrogens (primary N) is 1. The van der Waals surface area contributed by atoms with Crippen LogP contribution in [0.4, 0.5) is 5.69 Å². The standard InChI is InChI=1S/C12H16Cl2N2O/c1-4-7(2)16(3)12(17)8-5-9(13)11(15)10(14)6-8/h5-7H,4,15H2,1-3H3. The number of hydrogen-bond acceptors (Lipinski definition) is 2. The predicted molar refractivity (Wildman–Crippen MR) is 72.7 cm³/mol. The summed E-state index contributed by atoms with van der Waals surface area (Å²) in [5.41, 5.74) is 6.38. The number of halogens is 2. The molecule has 17 heavy (non-hydrogen) atoms. The largest absolute Gasteiger partial charge is 0.396 e. The average Bonchev–Trinajstić information content (AvgIpc) is 2.32. The summed E-state index contributed by atoms with van der Waals surface area (Å²) in [5.74, 6) is -0.108. The number of hydrogen-bond donors (Lipinski definition) is 1. The highest BCUT2D eigenvalue weighted by Crippen LogP contribution is 2.29. The Labute approximate surface area is 111 Å². The predicted octanol–water partition coefficient (Wildman–Crippen LogP) is 3.45. The molecule has 0 aromatic heterocycles. The Morgan fingerprint density at radius 2 is 1.88 bits per heavy atom. The third-order valence-electron chi connectivity index (χ3n) is 2.90. The summed E-state index contributed by atoms with van der Waals surface area (Å²) in [6.07, 6.45) is 0.888. The second-order valence-electron chi connectivity index (χ2n) is 4.03. The Hall–Kier alpha value is -0.930. The topological polar surface area (TPSA) is 46.3 Å². The summed E-state index contributed by atoms with van der Waals surface area (Å²) < 4.78 is 0. The highest BCUT2D eigenvalue weighted by molar-refractivity contribution is 6.39. The number of amides is 1. The molecule has 0 fully saturated rings. The van der Waals surface area contributed by atoms with Gasteiger partial charge in [-0.15, -0.1) is 0 Å². The van der Waals surface area contributed by atoms with Crippen LogP contribution >= 0.6 is 23.2 Å². The second-order valence-corrected chi connectivity index (χ2v) is 4.84. The van der Waals surface area contributed by atoms with Crippen molar-refractivity contribution in [3.8, 4) is 0 Å². The van der Waals surface area contributed by atoms with Crippen molar-refractivity contribution >= 4 is 34.8 Å². The molecule has 1 aromatic carbocycles. The molecule has 1 amide bonds. The van der Waals surface area contributed by atoms with Crippen LogP contribution in [0, 0.1) is 0 Å². The van der Waals surface area contributed by atoms with E-state index in [9.17, 15) is 4.79 Å². The van der Waals surface area contributed by atoms with Gasteiger partial charge in [-0.05, 0) is 25.5 Å². The molecule has 5 heteroatoms. The van der Waals surface area contributed by atoms with Gasteiger partial charge in [-0.25, -0.2) is 0 Å². The summed E-state index contributed by atoms with van der Waals surface area (Å²) in [4.78, 5) is 13.8. The van der Waals surface area contributed by atoms with Crippen LogP contribution in [0.25, 0.3) is 0 Å². The lowest BCUT2D eigenvalue weighted by Gasteiger charge is -2.24. The van der Waals surface area contributed by atoms with Gasteiger partial charge in [0.25, 0.3) is 5.91 Å². The third kappa shape index (κ3) is 3.05. The lowest BCUT2D eigenvalue weighted by Crippen LogP contribution is -2.34. The maximum absolute atomic E-state index is 12.1. The van der Waals surface area contributed by atoms with Crippen LogP contribution in [0.15, 0.2) is 12.1 Å². The van der Waals surface area contributed by atoms with Gasteiger partial charge < -0.3 is 10.6 Å². The number of rotatable bonds is 3. The number of nitrogen functional groups attached to an aromatic ring is 1. The van der Waals surface area contributed by atoms with E-state index >= 15 is 0 Å². The Morgan fingerprint density at radius 1 is 1.41 bits per heavy atom. The summed E-state index contributed by atoms with van der Waals surface area (Å²) in [5, 5.41) is 0.608. The molecule has 1 unspecified atom stereocenters. The van der Waals surface area contributed by atoms with Gasteiger partial charge in [0.05, 0.1) is 15.7 Å². The minimum atomic E-state index is -0.108. The molecule has 0 saturated carbocycles. The number of carbonyl (C=O) groups is 1. The second kappa shape index (κ2) is 5.61. The van der Waals surface area contributed by atoms with Gasteiger partial charge in [-0.1, -0.05) is 30.1 Å². The van der Waals surface area contributed by atoms with Crippen LogP contribution in [-0.4, -0.2) is 23.9 Å². The lowest BCUT2D eigenvalue weighted by molar-refractivity contribution is 0.0740. The Balaban J connectivity index is 3.05. The molecule has 0 radical (unpaired) electrons. The van der Waals surface area contributed by atoms with Crippen molar-refractivity contribution < 1.29 is 4.79 Å². The van der Waals surface area contributed by atoms with Crippen molar-refractivity contribution in [3.63, 3.8) is 0 Å². The van der Waals surface area contributed by atoms with Gasteiger partial charge >= 0.3 is 0 Å². The molecule has 0 aliphatic rings. The fourth-order valence-corrected chi connectivity index (χ4v) is 1.87. The van der Waals surface area contributed by atoms with Crippen LogP contribution < -0.4 is 5.73 Å². The Morgan fingerprint density at radius 3 is 2.29 bits per heavy atom. The molecule has 0 saturated heterocycles. The molecule has 1 aromatic rings. The molecular formula is C12H16Cl2N2O. The summed E-state index contributed by atoms with van der Waals surface area (Å²) in [6.45, 7) is 4.01.